The number of aliphatic hydroxyl groups is 1. The fourth-order valence-electron chi connectivity index (χ4n) is 2.14. The first kappa shape index (κ1) is 16.4. The quantitative estimate of drug-likeness (QED) is 0.571. The van der Waals surface area contributed by atoms with Crippen LogP contribution in [0.5, 0.6) is 0 Å². The van der Waals surface area contributed by atoms with Crippen molar-refractivity contribution in [3.8, 4) is 0 Å². The number of nitrogens with zero attached hydrogens (tertiary/aromatic N) is 2. The summed E-state index contributed by atoms with van der Waals surface area (Å²) >= 11 is 0. The van der Waals surface area contributed by atoms with E-state index in [1.807, 2.05) is 4.90 Å². The van der Waals surface area contributed by atoms with Crippen molar-refractivity contribution < 1.29 is 19.7 Å². The Kier molecular flexibility index (Phi) is 7.97. The Labute approximate surface area is 114 Å². The summed E-state index contributed by atoms with van der Waals surface area (Å²) in [6, 6.07) is 0. The lowest BCUT2D eigenvalue weighted by Gasteiger charge is -2.34. The highest BCUT2D eigenvalue weighted by Gasteiger charge is 2.20. The molecule has 112 valence electrons. The summed E-state index contributed by atoms with van der Waals surface area (Å²) in [4.78, 5) is 14.7. The Morgan fingerprint density at radius 3 is 2.47 bits per heavy atom. The van der Waals surface area contributed by atoms with Gasteiger partial charge in [0.15, 0.2) is 0 Å². The van der Waals surface area contributed by atoms with Crippen molar-refractivity contribution in [2.24, 2.45) is 0 Å². The van der Waals surface area contributed by atoms with Crippen LogP contribution >= 0.6 is 0 Å². The average Bonchev–Trinajstić information content (AvgIpc) is 2.36. The lowest BCUT2D eigenvalue weighted by Crippen LogP contribution is -2.50. The van der Waals surface area contributed by atoms with E-state index in [9.17, 15) is 9.90 Å². The lowest BCUT2D eigenvalue weighted by molar-refractivity contribution is -0.138. The molecule has 2 N–H and O–H groups in total. The minimum atomic E-state index is -0.780. The number of rotatable bonds is 9. The van der Waals surface area contributed by atoms with Crippen LogP contribution in [0.15, 0.2) is 0 Å². The van der Waals surface area contributed by atoms with Crippen LogP contribution in [-0.2, 0) is 9.53 Å². The summed E-state index contributed by atoms with van der Waals surface area (Å²) in [5, 5.41) is 18.5. The molecule has 1 saturated heterocycles. The Morgan fingerprint density at radius 2 is 1.89 bits per heavy atom. The smallest absolute Gasteiger partial charge is 0.317 e. The third-order valence-corrected chi connectivity index (χ3v) is 3.25. The van der Waals surface area contributed by atoms with Crippen LogP contribution in [0, 0.1) is 0 Å². The summed E-state index contributed by atoms with van der Waals surface area (Å²) < 4.78 is 5.39. The maximum Gasteiger partial charge on any atom is 0.317 e. The first-order chi connectivity index (χ1) is 9.11. The van der Waals surface area contributed by atoms with Crippen LogP contribution in [0.4, 0.5) is 0 Å². The molecule has 19 heavy (non-hydrogen) atoms. The van der Waals surface area contributed by atoms with E-state index in [1.165, 1.54) is 0 Å². The lowest BCUT2D eigenvalue weighted by atomic mass is 10.2. The molecule has 6 heteroatoms. The summed E-state index contributed by atoms with van der Waals surface area (Å²) in [7, 11) is 0. The molecule has 1 aliphatic rings. The van der Waals surface area contributed by atoms with Gasteiger partial charge in [0, 0.05) is 39.3 Å². The van der Waals surface area contributed by atoms with E-state index >= 15 is 0 Å². The second-order valence-corrected chi connectivity index (χ2v) is 5.05. The number of aliphatic carboxylic acids is 1. The van der Waals surface area contributed by atoms with E-state index in [-0.39, 0.29) is 6.54 Å². The zero-order chi connectivity index (χ0) is 14.1. The summed E-state index contributed by atoms with van der Waals surface area (Å²) in [5.41, 5.74) is 0. The average molecular weight is 274 g/mol. The molecule has 0 aromatic rings. The van der Waals surface area contributed by atoms with Crippen molar-refractivity contribution in [1.29, 1.82) is 0 Å². The van der Waals surface area contributed by atoms with Crippen LogP contribution in [0.3, 0.4) is 0 Å². The Balaban J connectivity index is 2.09. The number of carbonyl (C=O) groups is 1. The largest absolute Gasteiger partial charge is 0.480 e. The molecular formula is C13H26N2O4. The number of carboxylic acid groups (broad SMARTS) is 1. The highest BCUT2D eigenvalue weighted by atomic mass is 16.5. The molecule has 1 atom stereocenters. The van der Waals surface area contributed by atoms with Crippen LogP contribution in [0.1, 0.15) is 19.8 Å². The molecule has 1 unspecified atom stereocenters. The summed E-state index contributed by atoms with van der Waals surface area (Å²) in [6.45, 7) is 7.01. The van der Waals surface area contributed by atoms with Gasteiger partial charge in [-0.1, -0.05) is 13.3 Å². The predicted molar refractivity (Wildman–Crippen MR) is 72.2 cm³/mol. The summed E-state index contributed by atoms with van der Waals surface area (Å²) in [5.74, 6) is -0.780. The van der Waals surface area contributed by atoms with E-state index in [1.54, 1.807) is 0 Å². The molecule has 0 aliphatic carbocycles. The minimum Gasteiger partial charge on any atom is -0.480 e. The van der Waals surface area contributed by atoms with Crippen LogP contribution in [0.25, 0.3) is 0 Å². The van der Waals surface area contributed by atoms with Crippen molar-refractivity contribution in [1.82, 2.24) is 9.80 Å². The number of hydrogen-bond donors (Lipinski definition) is 2. The Bertz CT molecular complexity index is 255. The third kappa shape index (κ3) is 7.47. The monoisotopic (exact) mass is 274 g/mol. The van der Waals surface area contributed by atoms with E-state index in [4.69, 9.17) is 9.84 Å². The zero-order valence-electron chi connectivity index (χ0n) is 11.8. The SMILES string of the molecule is CCCCOCC(O)CN1CCN(CC(=O)O)CC1. The fraction of sp³-hybridized carbons (Fsp3) is 0.923. The number of carboxylic acids is 1. The Hall–Kier alpha value is -0.690. The highest BCUT2D eigenvalue weighted by molar-refractivity contribution is 5.69. The molecular weight excluding hydrogens is 248 g/mol. The van der Waals surface area contributed by atoms with Gasteiger partial charge in [0.25, 0.3) is 0 Å². The second kappa shape index (κ2) is 9.25. The fourth-order valence-corrected chi connectivity index (χ4v) is 2.14. The first-order valence-electron chi connectivity index (χ1n) is 7.04. The van der Waals surface area contributed by atoms with E-state index < -0.39 is 12.1 Å². The van der Waals surface area contributed by atoms with Gasteiger partial charge >= 0.3 is 5.97 Å². The molecule has 0 radical (unpaired) electrons. The standard InChI is InChI=1S/C13H26N2O4/c1-2-3-8-19-11-12(16)9-14-4-6-15(7-5-14)10-13(17)18/h12,16H,2-11H2,1H3,(H,17,18). The maximum atomic E-state index is 10.6. The minimum absolute atomic E-state index is 0.108. The number of piperazine rings is 1. The molecule has 1 fully saturated rings. The van der Waals surface area contributed by atoms with Gasteiger partial charge in [-0.05, 0) is 6.42 Å². The van der Waals surface area contributed by atoms with E-state index in [0.29, 0.717) is 19.8 Å². The number of β-amino-alcohol motifs (C(OH)–C–C–N with tert-alkyl or cyclic N) is 1. The third-order valence-electron chi connectivity index (χ3n) is 3.25. The number of unbranched alkanes of at least 4 members (excludes halogenated alkanes) is 1. The van der Waals surface area contributed by atoms with E-state index in [0.717, 1.165) is 39.0 Å². The van der Waals surface area contributed by atoms with Crippen LogP contribution in [0.2, 0.25) is 0 Å². The predicted octanol–water partition coefficient (Wildman–Crippen LogP) is -0.134. The molecule has 0 bridgehead atoms. The molecule has 0 spiro atoms. The molecule has 0 aromatic carbocycles. The Morgan fingerprint density at radius 1 is 1.26 bits per heavy atom. The van der Waals surface area contributed by atoms with Gasteiger partial charge in [-0.15, -0.1) is 0 Å². The normalized spacial score (nSPS) is 19.5. The molecule has 0 aromatic heterocycles. The summed E-state index contributed by atoms with van der Waals surface area (Å²) in [6.07, 6.45) is 1.67. The maximum absolute atomic E-state index is 10.6. The zero-order valence-corrected chi connectivity index (χ0v) is 11.8. The van der Waals surface area contributed by atoms with Gasteiger partial charge in [-0.2, -0.15) is 0 Å². The van der Waals surface area contributed by atoms with Gasteiger partial charge in [0.05, 0.1) is 19.3 Å². The molecule has 0 saturated carbocycles. The van der Waals surface area contributed by atoms with Crippen molar-refractivity contribution >= 4 is 5.97 Å². The number of ether oxygens (including phenoxy) is 1. The first-order valence-corrected chi connectivity index (χ1v) is 7.04. The second-order valence-electron chi connectivity index (χ2n) is 5.05. The molecule has 0 amide bonds. The van der Waals surface area contributed by atoms with Crippen LogP contribution in [-0.4, -0.2) is 84.6 Å². The number of aliphatic hydroxyl groups excluding tert-OH is 1. The highest BCUT2D eigenvalue weighted by Crippen LogP contribution is 2.03. The van der Waals surface area contributed by atoms with E-state index in [2.05, 4.69) is 11.8 Å². The van der Waals surface area contributed by atoms with Gasteiger partial charge in [0.2, 0.25) is 0 Å². The van der Waals surface area contributed by atoms with Crippen molar-refractivity contribution in [2.45, 2.75) is 25.9 Å². The molecule has 1 aliphatic heterocycles. The van der Waals surface area contributed by atoms with Gasteiger partial charge in [-0.25, -0.2) is 0 Å². The molecule has 6 nitrogen and oxygen atoms in total. The van der Waals surface area contributed by atoms with Crippen molar-refractivity contribution in [2.75, 3.05) is 52.5 Å². The van der Waals surface area contributed by atoms with Crippen molar-refractivity contribution in [3.63, 3.8) is 0 Å². The van der Waals surface area contributed by atoms with Gasteiger partial charge < -0.3 is 14.9 Å². The van der Waals surface area contributed by atoms with Gasteiger partial charge in [0.1, 0.15) is 0 Å². The topological polar surface area (TPSA) is 73.2 Å². The molecule has 1 rings (SSSR count). The van der Waals surface area contributed by atoms with Crippen LogP contribution < -0.4 is 0 Å². The van der Waals surface area contributed by atoms with Crippen molar-refractivity contribution in [3.05, 3.63) is 0 Å². The molecule has 1 heterocycles. The van der Waals surface area contributed by atoms with Gasteiger partial charge in [-0.3, -0.25) is 14.6 Å². The number of hydrogen-bond acceptors (Lipinski definition) is 5.